The molecule has 2 atom stereocenters. The van der Waals surface area contributed by atoms with E-state index in [0.29, 0.717) is 6.04 Å². The van der Waals surface area contributed by atoms with Crippen molar-refractivity contribution in [1.29, 1.82) is 0 Å². The number of likely N-dealkylation sites (tertiary alicyclic amines) is 1. The Morgan fingerprint density at radius 3 is 2.75 bits per heavy atom. The minimum Gasteiger partial charge on any atom is -0.369 e. The van der Waals surface area contributed by atoms with Crippen LogP contribution < -0.4 is 11.1 Å². The molecule has 0 spiro atoms. The standard InChI is InChI=1S/C12H23N3O/c1-9-2-3-11(12(13)16)8-15(9)5-4-10-6-14-7-10/h9-11,14H,2-8H2,1H3,(H2,13,16). The van der Waals surface area contributed by atoms with Crippen molar-refractivity contribution >= 4 is 5.91 Å². The molecule has 0 aromatic carbocycles. The van der Waals surface area contributed by atoms with Gasteiger partial charge in [0.05, 0.1) is 5.92 Å². The lowest BCUT2D eigenvalue weighted by Gasteiger charge is -2.38. The monoisotopic (exact) mass is 225 g/mol. The van der Waals surface area contributed by atoms with Crippen LogP contribution in [0.25, 0.3) is 0 Å². The first-order valence-corrected chi connectivity index (χ1v) is 6.41. The van der Waals surface area contributed by atoms with Gasteiger partial charge in [-0.3, -0.25) is 9.69 Å². The maximum absolute atomic E-state index is 11.2. The van der Waals surface area contributed by atoms with Crippen LogP contribution in [0.4, 0.5) is 0 Å². The fraction of sp³-hybridized carbons (Fsp3) is 0.917. The van der Waals surface area contributed by atoms with E-state index in [-0.39, 0.29) is 11.8 Å². The third kappa shape index (κ3) is 2.74. The van der Waals surface area contributed by atoms with Crippen LogP contribution in [0.2, 0.25) is 0 Å². The highest BCUT2D eigenvalue weighted by molar-refractivity contribution is 5.76. The molecule has 0 aromatic rings. The lowest BCUT2D eigenvalue weighted by atomic mass is 9.91. The lowest BCUT2D eigenvalue weighted by Crippen LogP contribution is -2.48. The molecule has 16 heavy (non-hydrogen) atoms. The van der Waals surface area contributed by atoms with Crippen molar-refractivity contribution in [3.63, 3.8) is 0 Å². The maximum atomic E-state index is 11.2. The number of piperidine rings is 1. The van der Waals surface area contributed by atoms with Gasteiger partial charge in [-0.05, 0) is 51.7 Å². The molecule has 92 valence electrons. The van der Waals surface area contributed by atoms with Gasteiger partial charge in [0.15, 0.2) is 0 Å². The van der Waals surface area contributed by atoms with E-state index in [9.17, 15) is 4.79 Å². The number of primary amides is 1. The van der Waals surface area contributed by atoms with Gasteiger partial charge in [-0.2, -0.15) is 0 Å². The summed E-state index contributed by atoms with van der Waals surface area (Å²) < 4.78 is 0. The number of carbonyl (C=O) groups excluding carboxylic acids is 1. The largest absolute Gasteiger partial charge is 0.369 e. The Bertz CT molecular complexity index is 253. The van der Waals surface area contributed by atoms with E-state index in [1.54, 1.807) is 0 Å². The zero-order chi connectivity index (χ0) is 11.5. The van der Waals surface area contributed by atoms with Gasteiger partial charge in [0.25, 0.3) is 0 Å². The first-order valence-electron chi connectivity index (χ1n) is 6.41. The van der Waals surface area contributed by atoms with Crippen LogP contribution >= 0.6 is 0 Å². The lowest BCUT2D eigenvalue weighted by molar-refractivity contribution is -0.124. The summed E-state index contributed by atoms with van der Waals surface area (Å²) in [7, 11) is 0. The second-order valence-corrected chi connectivity index (χ2v) is 5.33. The smallest absolute Gasteiger partial charge is 0.221 e. The number of nitrogens with zero attached hydrogens (tertiary/aromatic N) is 1. The summed E-state index contributed by atoms with van der Waals surface area (Å²) in [4.78, 5) is 13.6. The normalized spacial score (nSPS) is 32.3. The molecule has 2 fully saturated rings. The number of hydrogen-bond acceptors (Lipinski definition) is 3. The van der Waals surface area contributed by atoms with Crippen molar-refractivity contribution in [1.82, 2.24) is 10.2 Å². The maximum Gasteiger partial charge on any atom is 0.221 e. The second-order valence-electron chi connectivity index (χ2n) is 5.33. The van der Waals surface area contributed by atoms with Crippen molar-refractivity contribution < 1.29 is 4.79 Å². The summed E-state index contributed by atoms with van der Waals surface area (Å²) in [5.74, 6) is 0.805. The van der Waals surface area contributed by atoms with Crippen LogP contribution in [-0.4, -0.2) is 43.0 Å². The molecule has 0 aromatic heterocycles. The molecule has 0 radical (unpaired) electrons. The molecular weight excluding hydrogens is 202 g/mol. The molecular formula is C12H23N3O. The fourth-order valence-electron chi connectivity index (χ4n) is 2.62. The van der Waals surface area contributed by atoms with E-state index in [4.69, 9.17) is 5.73 Å². The minimum atomic E-state index is -0.123. The Morgan fingerprint density at radius 1 is 1.44 bits per heavy atom. The van der Waals surface area contributed by atoms with Crippen molar-refractivity contribution in [2.24, 2.45) is 17.6 Å². The van der Waals surface area contributed by atoms with Crippen LogP contribution in [0.3, 0.4) is 0 Å². The van der Waals surface area contributed by atoms with Crippen LogP contribution in [0, 0.1) is 11.8 Å². The molecule has 4 heteroatoms. The fourth-order valence-corrected chi connectivity index (χ4v) is 2.62. The highest BCUT2D eigenvalue weighted by atomic mass is 16.1. The predicted octanol–water partition coefficient (Wildman–Crippen LogP) is 0.182. The molecule has 0 bridgehead atoms. The van der Waals surface area contributed by atoms with Crippen LogP contribution in [0.5, 0.6) is 0 Å². The highest BCUT2D eigenvalue weighted by Crippen LogP contribution is 2.22. The van der Waals surface area contributed by atoms with E-state index in [2.05, 4.69) is 17.1 Å². The molecule has 4 nitrogen and oxygen atoms in total. The van der Waals surface area contributed by atoms with E-state index >= 15 is 0 Å². The second kappa shape index (κ2) is 5.15. The molecule has 2 aliphatic heterocycles. The van der Waals surface area contributed by atoms with Gasteiger partial charge in [-0.25, -0.2) is 0 Å². The number of rotatable bonds is 4. The average Bonchev–Trinajstić information content (AvgIpc) is 2.18. The first kappa shape index (κ1) is 11.9. The van der Waals surface area contributed by atoms with Crippen molar-refractivity contribution in [3.8, 4) is 0 Å². The Balaban J connectivity index is 1.78. The number of hydrogen-bond donors (Lipinski definition) is 2. The molecule has 2 saturated heterocycles. The first-order chi connectivity index (χ1) is 7.66. The molecule has 0 saturated carbocycles. The molecule has 1 amide bonds. The Labute approximate surface area is 97.6 Å². The summed E-state index contributed by atoms with van der Waals surface area (Å²) in [6.45, 7) is 6.59. The molecule has 2 rings (SSSR count). The molecule has 2 unspecified atom stereocenters. The molecule has 2 aliphatic rings. The van der Waals surface area contributed by atoms with Gasteiger partial charge in [-0.15, -0.1) is 0 Å². The summed E-state index contributed by atoms with van der Waals surface area (Å²) in [5.41, 5.74) is 5.39. The van der Waals surface area contributed by atoms with Gasteiger partial charge in [0.1, 0.15) is 0 Å². The quantitative estimate of drug-likeness (QED) is 0.717. The minimum absolute atomic E-state index is 0.0794. The average molecular weight is 225 g/mol. The molecule has 2 heterocycles. The summed E-state index contributed by atoms with van der Waals surface area (Å²) in [5, 5.41) is 3.29. The van der Waals surface area contributed by atoms with Crippen molar-refractivity contribution in [2.75, 3.05) is 26.2 Å². The van der Waals surface area contributed by atoms with E-state index in [1.165, 1.54) is 19.5 Å². The Hall–Kier alpha value is -0.610. The molecule has 0 aliphatic carbocycles. The highest BCUT2D eigenvalue weighted by Gasteiger charge is 2.29. The number of carbonyl (C=O) groups is 1. The summed E-state index contributed by atoms with van der Waals surface area (Å²) >= 11 is 0. The van der Waals surface area contributed by atoms with Crippen molar-refractivity contribution in [2.45, 2.75) is 32.2 Å². The number of nitrogens with two attached hydrogens (primary N) is 1. The topological polar surface area (TPSA) is 58.4 Å². The van der Waals surface area contributed by atoms with Crippen LogP contribution in [0.15, 0.2) is 0 Å². The van der Waals surface area contributed by atoms with Crippen LogP contribution in [0.1, 0.15) is 26.2 Å². The van der Waals surface area contributed by atoms with Gasteiger partial charge >= 0.3 is 0 Å². The van der Waals surface area contributed by atoms with Gasteiger partial charge in [0, 0.05) is 12.6 Å². The van der Waals surface area contributed by atoms with E-state index in [0.717, 1.165) is 31.8 Å². The zero-order valence-electron chi connectivity index (χ0n) is 10.1. The number of nitrogens with one attached hydrogen (secondary N) is 1. The zero-order valence-corrected chi connectivity index (χ0v) is 10.1. The van der Waals surface area contributed by atoms with E-state index < -0.39 is 0 Å². The van der Waals surface area contributed by atoms with Crippen LogP contribution in [-0.2, 0) is 4.79 Å². The van der Waals surface area contributed by atoms with Gasteiger partial charge in [-0.1, -0.05) is 0 Å². The third-order valence-electron chi connectivity index (χ3n) is 4.10. The summed E-state index contributed by atoms with van der Waals surface area (Å²) in [6.07, 6.45) is 3.33. The number of amides is 1. The molecule has 3 N–H and O–H groups in total. The third-order valence-corrected chi connectivity index (χ3v) is 4.10. The van der Waals surface area contributed by atoms with Gasteiger partial charge < -0.3 is 11.1 Å². The van der Waals surface area contributed by atoms with Crippen molar-refractivity contribution in [3.05, 3.63) is 0 Å². The van der Waals surface area contributed by atoms with E-state index in [1.807, 2.05) is 0 Å². The predicted molar refractivity (Wildman–Crippen MR) is 63.9 cm³/mol. The van der Waals surface area contributed by atoms with Gasteiger partial charge in [0.2, 0.25) is 5.91 Å². The Kier molecular flexibility index (Phi) is 3.82. The SMILES string of the molecule is CC1CCC(C(N)=O)CN1CCC1CNC1. The Morgan fingerprint density at radius 2 is 2.19 bits per heavy atom. The summed E-state index contributed by atoms with van der Waals surface area (Å²) in [6, 6.07) is 0.614.